The summed E-state index contributed by atoms with van der Waals surface area (Å²) >= 11 is 0. The smallest absolute Gasteiger partial charge is 0.324 e. The van der Waals surface area contributed by atoms with Crippen LogP contribution in [0.4, 0.5) is 15.1 Å². The number of likely N-dealkylation sites (tertiary alicyclic amines) is 1. The van der Waals surface area contributed by atoms with Crippen LogP contribution in [0.1, 0.15) is 34.9 Å². The van der Waals surface area contributed by atoms with Gasteiger partial charge in [0.25, 0.3) is 11.9 Å². The van der Waals surface area contributed by atoms with Crippen molar-refractivity contribution in [3.63, 3.8) is 0 Å². The fourth-order valence-electron chi connectivity index (χ4n) is 5.38. The van der Waals surface area contributed by atoms with Crippen LogP contribution in [0.15, 0.2) is 67.0 Å². The van der Waals surface area contributed by atoms with Crippen molar-refractivity contribution in [2.45, 2.75) is 25.6 Å². The van der Waals surface area contributed by atoms with Gasteiger partial charge in [-0.3, -0.25) is 10.1 Å². The molecule has 1 aliphatic rings. The maximum absolute atomic E-state index is 13.8. The first-order chi connectivity index (χ1) is 19.8. The molecule has 6 rings (SSSR count). The van der Waals surface area contributed by atoms with E-state index in [0.29, 0.717) is 26.6 Å². The number of nitrogens with zero attached hydrogens (tertiary/aromatic N) is 5. The Morgan fingerprint density at radius 2 is 1.95 bits per heavy atom. The SMILES string of the molecule is C[Si][C@H](NC(=O)c1cn(C)c2ccc(-c3ccn4nc(NC(=O)N5CC[C@@H](C)C5)nc4c3)cc12)c1cccc(F)c1. The fraction of sp³-hybridized carbons (Fsp3) is 0.267. The number of rotatable bonds is 6. The largest absolute Gasteiger partial charge is 0.350 e. The van der Waals surface area contributed by atoms with Crippen molar-refractivity contribution in [1.82, 2.24) is 29.4 Å². The van der Waals surface area contributed by atoms with Crippen LogP contribution in [0.3, 0.4) is 0 Å². The molecule has 0 saturated carbocycles. The van der Waals surface area contributed by atoms with Crippen molar-refractivity contribution in [3.8, 4) is 11.1 Å². The predicted octanol–water partition coefficient (Wildman–Crippen LogP) is 5.08. The molecule has 1 fully saturated rings. The van der Waals surface area contributed by atoms with Crippen LogP contribution in [0.5, 0.6) is 0 Å². The molecule has 2 aromatic carbocycles. The second-order valence-electron chi connectivity index (χ2n) is 10.6. The number of fused-ring (bicyclic) bond motifs is 2. The van der Waals surface area contributed by atoms with E-state index in [4.69, 9.17) is 0 Å². The number of urea groups is 1. The zero-order valence-electron chi connectivity index (χ0n) is 23.1. The number of hydrogen-bond donors (Lipinski definition) is 2. The number of aryl methyl sites for hydroxylation is 1. The zero-order chi connectivity index (χ0) is 28.7. The number of halogens is 1. The highest BCUT2D eigenvalue weighted by molar-refractivity contribution is 6.36. The van der Waals surface area contributed by atoms with E-state index in [2.05, 4.69) is 27.6 Å². The quantitative estimate of drug-likeness (QED) is 0.280. The Kier molecular flexibility index (Phi) is 7.04. The van der Waals surface area contributed by atoms with Crippen molar-refractivity contribution < 1.29 is 14.0 Å². The molecule has 0 unspecified atom stereocenters. The molecule has 1 saturated heterocycles. The number of carbonyl (C=O) groups excluding carboxylic acids is 2. The first-order valence-electron chi connectivity index (χ1n) is 13.5. The van der Waals surface area contributed by atoms with Crippen LogP contribution >= 0.6 is 0 Å². The third kappa shape index (κ3) is 5.32. The molecule has 0 spiro atoms. The summed E-state index contributed by atoms with van der Waals surface area (Å²) in [6.07, 6.45) is 4.62. The van der Waals surface area contributed by atoms with E-state index in [0.717, 1.165) is 47.1 Å². The highest BCUT2D eigenvalue weighted by atomic mass is 28.2. The molecule has 0 bridgehead atoms. The van der Waals surface area contributed by atoms with Gasteiger partial charge in [-0.1, -0.05) is 31.7 Å². The molecule has 9 nitrogen and oxygen atoms in total. The Morgan fingerprint density at radius 3 is 2.71 bits per heavy atom. The Labute approximate surface area is 239 Å². The zero-order valence-corrected chi connectivity index (χ0v) is 24.1. The van der Waals surface area contributed by atoms with Gasteiger partial charge < -0.3 is 14.8 Å². The molecule has 41 heavy (non-hydrogen) atoms. The maximum atomic E-state index is 13.8. The molecule has 3 aromatic heterocycles. The minimum atomic E-state index is -0.324. The fourth-order valence-corrected chi connectivity index (χ4v) is 6.17. The van der Waals surface area contributed by atoms with Gasteiger partial charge in [0, 0.05) is 49.1 Å². The molecule has 1 aliphatic heterocycles. The summed E-state index contributed by atoms with van der Waals surface area (Å²) in [4.78, 5) is 32.3. The number of nitrogens with one attached hydrogen (secondary N) is 2. The second kappa shape index (κ2) is 10.8. The van der Waals surface area contributed by atoms with Crippen LogP contribution in [0, 0.1) is 11.7 Å². The van der Waals surface area contributed by atoms with E-state index in [-0.39, 0.29) is 29.4 Å². The van der Waals surface area contributed by atoms with Crippen LogP contribution in [-0.4, -0.2) is 58.6 Å². The number of aromatic nitrogens is 4. The van der Waals surface area contributed by atoms with Crippen LogP contribution in [0.25, 0.3) is 27.7 Å². The Hall–Kier alpha value is -4.51. The average molecular weight is 568 g/mol. The lowest BCUT2D eigenvalue weighted by atomic mass is 10.0. The molecule has 0 aliphatic carbocycles. The van der Waals surface area contributed by atoms with Crippen molar-refractivity contribution in [2.75, 3.05) is 18.4 Å². The molecule has 208 valence electrons. The van der Waals surface area contributed by atoms with Gasteiger partial charge in [-0.15, -0.1) is 5.10 Å². The van der Waals surface area contributed by atoms with E-state index < -0.39 is 0 Å². The maximum Gasteiger partial charge on any atom is 0.324 e. The Bertz CT molecular complexity index is 1780. The van der Waals surface area contributed by atoms with E-state index >= 15 is 0 Å². The molecule has 2 radical (unpaired) electrons. The van der Waals surface area contributed by atoms with Gasteiger partial charge in [-0.25, -0.2) is 13.7 Å². The van der Waals surface area contributed by atoms with Crippen molar-refractivity contribution >= 4 is 44.0 Å². The summed E-state index contributed by atoms with van der Waals surface area (Å²) in [5.74, 6) is 0.216. The lowest BCUT2D eigenvalue weighted by Crippen LogP contribution is -2.33. The monoisotopic (exact) mass is 567 g/mol. The first kappa shape index (κ1) is 26.7. The summed E-state index contributed by atoms with van der Waals surface area (Å²) < 4.78 is 17.4. The number of carbonyl (C=O) groups is 2. The lowest BCUT2D eigenvalue weighted by Gasteiger charge is -2.17. The van der Waals surface area contributed by atoms with E-state index in [9.17, 15) is 14.0 Å². The molecule has 11 heteroatoms. The van der Waals surface area contributed by atoms with E-state index in [1.807, 2.05) is 60.8 Å². The standard InChI is InChI=1S/C30H30FN7O2Si/c1-18-9-11-37(16-18)30(40)34-29-32-26-15-20(10-12-38(26)35-29)19-7-8-25-23(14-19)24(17-36(25)2)27(39)33-28(41-3)21-5-4-6-22(31)13-21/h4-8,10,12-15,17-18,28H,9,11,16H2,1-3H3,(H,33,39)(H,34,35,40)/t18-,28+/m1/s1. The number of hydrogen-bond acceptors (Lipinski definition) is 4. The summed E-state index contributed by atoms with van der Waals surface area (Å²) in [7, 11) is 2.27. The van der Waals surface area contributed by atoms with Gasteiger partial charge >= 0.3 is 6.03 Å². The van der Waals surface area contributed by atoms with Crippen molar-refractivity contribution in [1.29, 1.82) is 0 Å². The summed E-state index contributed by atoms with van der Waals surface area (Å²) in [5.41, 5.74) is 4.35. The van der Waals surface area contributed by atoms with Gasteiger partial charge in [0.1, 0.15) is 5.82 Å². The average Bonchev–Trinajstić information content (AvgIpc) is 3.67. The highest BCUT2D eigenvalue weighted by Gasteiger charge is 2.24. The second-order valence-corrected chi connectivity index (χ2v) is 11.7. The topological polar surface area (TPSA) is 96.6 Å². The van der Waals surface area contributed by atoms with Crippen molar-refractivity contribution in [3.05, 3.63) is 83.9 Å². The third-order valence-corrected chi connectivity index (χ3v) is 8.64. The number of benzene rings is 2. The van der Waals surface area contributed by atoms with Gasteiger partial charge in [0.2, 0.25) is 0 Å². The van der Waals surface area contributed by atoms with Gasteiger partial charge in [0.15, 0.2) is 5.65 Å². The summed E-state index contributed by atoms with van der Waals surface area (Å²) in [6, 6.07) is 16.0. The van der Waals surface area contributed by atoms with Gasteiger partial charge in [-0.2, -0.15) is 4.98 Å². The van der Waals surface area contributed by atoms with Crippen LogP contribution in [0.2, 0.25) is 6.55 Å². The number of amides is 3. The molecular weight excluding hydrogens is 537 g/mol. The molecule has 4 heterocycles. The molecule has 5 aromatic rings. The van der Waals surface area contributed by atoms with E-state index in [1.54, 1.807) is 21.7 Å². The molecular formula is C30H30FN7O2Si. The normalized spacial score (nSPS) is 15.9. The van der Waals surface area contributed by atoms with Crippen molar-refractivity contribution in [2.24, 2.45) is 13.0 Å². The predicted molar refractivity (Wildman–Crippen MR) is 157 cm³/mol. The summed E-state index contributed by atoms with van der Waals surface area (Å²) in [6.45, 7) is 5.59. The van der Waals surface area contributed by atoms with E-state index in [1.165, 1.54) is 12.1 Å². The Balaban J connectivity index is 1.26. The van der Waals surface area contributed by atoms with Crippen LogP contribution in [-0.2, 0) is 7.05 Å². The van der Waals surface area contributed by atoms with Crippen LogP contribution < -0.4 is 10.6 Å². The minimum Gasteiger partial charge on any atom is -0.350 e. The first-order valence-corrected chi connectivity index (χ1v) is 15.1. The van der Waals surface area contributed by atoms with Gasteiger partial charge in [0.05, 0.1) is 15.1 Å². The summed E-state index contributed by atoms with van der Waals surface area (Å²) in [5, 5.41) is 11.1. The Morgan fingerprint density at radius 1 is 1.12 bits per heavy atom. The molecule has 2 atom stereocenters. The third-order valence-electron chi connectivity index (χ3n) is 7.58. The number of anilines is 1. The molecule has 2 N–H and O–H groups in total. The highest BCUT2D eigenvalue weighted by Crippen LogP contribution is 2.29. The minimum absolute atomic E-state index is 0.186. The lowest BCUT2D eigenvalue weighted by molar-refractivity contribution is 0.0949. The number of pyridine rings is 1. The van der Waals surface area contributed by atoms with Gasteiger partial charge in [-0.05, 0) is 65.4 Å². The molecule has 3 amide bonds.